The minimum Gasteiger partial charge on any atom is -0.494 e. The average molecular weight is 346 g/mol. The third-order valence-electron chi connectivity index (χ3n) is 3.97. The number of anilines is 1. The molecule has 0 aromatic heterocycles. The highest BCUT2D eigenvalue weighted by Gasteiger charge is 2.08. The van der Waals surface area contributed by atoms with Gasteiger partial charge in [-0.1, -0.05) is 29.8 Å². The highest BCUT2D eigenvalue weighted by Crippen LogP contribution is 2.26. The molecule has 0 unspecified atom stereocenters. The van der Waals surface area contributed by atoms with E-state index < -0.39 is 0 Å². The fraction of sp³-hybridized carbons (Fsp3) is 0.350. The molecule has 0 fully saturated rings. The molecular weight excluding hydrogens is 322 g/mol. The molecule has 2 aromatic rings. The van der Waals surface area contributed by atoms with Crippen LogP contribution in [0.5, 0.6) is 5.75 Å². The Morgan fingerprint density at radius 3 is 2.21 bits per heavy atom. The van der Waals surface area contributed by atoms with Crippen LogP contribution in [-0.4, -0.2) is 12.5 Å². The molecule has 128 valence electrons. The van der Waals surface area contributed by atoms with E-state index in [1.165, 1.54) is 0 Å². The largest absolute Gasteiger partial charge is 0.494 e. The zero-order chi connectivity index (χ0) is 17.7. The molecule has 0 radical (unpaired) electrons. The second-order valence-electron chi connectivity index (χ2n) is 6.14. The zero-order valence-corrected chi connectivity index (χ0v) is 15.5. The lowest BCUT2D eigenvalue weighted by Crippen LogP contribution is -2.14. The van der Waals surface area contributed by atoms with E-state index in [9.17, 15) is 4.79 Å². The second-order valence-corrected chi connectivity index (χ2v) is 6.52. The number of ether oxygens (including phenoxy) is 1. The maximum Gasteiger partial charge on any atom is 0.224 e. The maximum absolute atomic E-state index is 12.1. The molecule has 2 rings (SSSR count). The third kappa shape index (κ3) is 4.75. The Labute approximate surface area is 149 Å². The first-order valence-corrected chi connectivity index (χ1v) is 8.52. The van der Waals surface area contributed by atoms with Crippen LogP contribution in [0.2, 0.25) is 5.02 Å². The summed E-state index contributed by atoms with van der Waals surface area (Å²) in [5.74, 6) is 0.809. The van der Waals surface area contributed by atoms with Crippen LogP contribution in [0.3, 0.4) is 0 Å². The van der Waals surface area contributed by atoms with Gasteiger partial charge in [0.05, 0.1) is 6.61 Å². The Morgan fingerprint density at radius 2 is 1.62 bits per heavy atom. The van der Waals surface area contributed by atoms with Crippen LogP contribution >= 0.6 is 11.6 Å². The molecule has 0 heterocycles. The number of hydrogen-bond acceptors (Lipinski definition) is 2. The van der Waals surface area contributed by atoms with E-state index in [1.807, 2.05) is 58.0 Å². The number of halogens is 1. The predicted octanol–water partition coefficient (Wildman–Crippen LogP) is 5.37. The highest BCUT2D eigenvalue weighted by atomic mass is 35.5. The van der Waals surface area contributed by atoms with Gasteiger partial charge in [-0.3, -0.25) is 4.79 Å². The lowest BCUT2D eigenvalue weighted by Gasteiger charge is -2.12. The van der Waals surface area contributed by atoms with Crippen molar-refractivity contribution in [2.45, 2.75) is 40.5 Å². The summed E-state index contributed by atoms with van der Waals surface area (Å²) in [5.41, 5.74) is 5.06. The quantitative estimate of drug-likeness (QED) is 0.714. The van der Waals surface area contributed by atoms with Crippen molar-refractivity contribution < 1.29 is 9.53 Å². The van der Waals surface area contributed by atoms with Crippen molar-refractivity contribution >= 4 is 23.2 Å². The Kier molecular flexibility index (Phi) is 6.27. The van der Waals surface area contributed by atoms with Gasteiger partial charge in [-0.2, -0.15) is 0 Å². The summed E-state index contributed by atoms with van der Waals surface area (Å²) in [6, 6.07) is 9.83. The Hall–Kier alpha value is -2.00. The van der Waals surface area contributed by atoms with Crippen molar-refractivity contribution in [1.29, 1.82) is 0 Å². The number of carbonyl (C=O) groups excluding carboxylic acids is 1. The summed E-state index contributed by atoms with van der Waals surface area (Å²) in [7, 11) is 0. The molecule has 0 aliphatic heterocycles. The standard InChI is InChI=1S/C20H24ClNO2/c1-13-7-5-8-14(2)20(13)22-18(23)9-6-10-24-17-11-15(3)19(21)16(4)12-17/h5,7-8,11-12H,6,9-10H2,1-4H3,(H,22,23). The zero-order valence-electron chi connectivity index (χ0n) is 14.7. The minimum atomic E-state index is 0.0134. The van der Waals surface area contributed by atoms with Gasteiger partial charge in [0.2, 0.25) is 5.91 Å². The molecule has 0 aliphatic rings. The monoisotopic (exact) mass is 345 g/mol. The third-order valence-corrected chi connectivity index (χ3v) is 4.57. The smallest absolute Gasteiger partial charge is 0.224 e. The molecule has 0 atom stereocenters. The first-order valence-electron chi connectivity index (χ1n) is 8.14. The van der Waals surface area contributed by atoms with Gasteiger partial charge < -0.3 is 10.1 Å². The van der Waals surface area contributed by atoms with Crippen molar-refractivity contribution in [3.05, 3.63) is 57.6 Å². The van der Waals surface area contributed by atoms with E-state index in [4.69, 9.17) is 16.3 Å². The topological polar surface area (TPSA) is 38.3 Å². The van der Waals surface area contributed by atoms with E-state index in [-0.39, 0.29) is 5.91 Å². The van der Waals surface area contributed by atoms with Gasteiger partial charge in [-0.05, 0) is 68.5 Å². The minimum absolute atomic E-state index is 0.0134. The van der Waals surface area contributed by atoms with Crippen LogP contribution in [0.15, 0.2) is 30.3 Å². The number of amides is 1. The van der Waals surface area contributed by atoms with Gasteiger partial charge in [-0.25, -0.2) is 0 Å². The number of nitrogens with one attached hydrogen (secondary N) is 1. The van der Waals surface area contributed by atoms with E-state index in [0.717, 1.165) is 38.7 Å². The molecular formula is C20H24ClNO2. The number of para-hydroxylation sites is 1. The fourth-order valence-corrected chi connectivity index (χ4v) is 2.73. The van der Waals surface area contributed by atoms with Crippen LogP contribution in [-0.2, 0) is 4.79 Å². The highest BCUT2D eigenvalue weighted by molar-refractivity contribution is 6.32. The van der Waals surface area contributed by atoms with Crippen LogP contribution in [0.4, 0.5) is 5.69 Å². The van der Waals surface area contributed by atoms with Crippen molar-refractivity contribution in [2.24, 2.45) is 0 Å². The van der Waals surface area contributed by atoms with Crippen molar-refractivity contribution in [3.63, 3.8) is 0 Å². The summed E-state index contributed by atoms with van der Waals surface area (Å²) in [5, 5.41) is 3.76. The first kappa shape index (κ1) is 18.3. The first-order chi connectivity index (χ1) is 11.4. The second kappa shape index (κ2) is 8.20. The van der Waals surface area contributed by atoms with Crippen LogP contribution in [0.1, 0.15) is 35.1 Å². The van der Waals surface area contributed by atoms with Crippen molar-refractivity contribution in [3.8, 4) is 5.75 Å². The number of carbonyl (C=O) groups is 1. The average Bonchev–Trinajstić information content (AvgIpc) is 2.53. The molecule has 24 heavy (non-hydrogen) atoms. The lowest BCUT2D eigenvalue weighted by atomic mass is 10.1. The number of aryl methyl sites for hydroxylation is 4. The van der Waals surface area contributed by atoms with Gasteiger partial charge in [0.15, 0.2) is 0 Å². The van der Waals surface area contributed by atoms with Gasteiger partial charge >= 0.3 is 0 Å². The van der Waals surface area contributed by atoms with Crippen molar-refractivity contribution in [2.75, 3.05) is 11.9 Å². The van der Waals surface area contributed by atoms with Gasteiger partial charge in [0.1, 0.15) is 5.75 Å². The molecule has 3 nitrogen and oxygen atoms in total. The predicted molar refractivity (Wildman–Crippen MR) is 100 cm³/mol. The Balaban J connectivity index is 1.81. The summed E-state index contributed by atoms with van der Waals surface area (Å²) in [6.07, 6.45) is 1.09. The molecule has 0 aliphatic carbocycles. The summed E-state index contributed by atoms with van der Waals surface area (Å²) >= 11 is 6.15. The van der Waals surface area contributed by atoms with Gasteiger partial charge in [0.25, 0.3) is 0 Å². The van der Waals surface area contributed by atoms with Crippen LogP contribution in [0.25, 0.3) is 0 Å². The Bertz CT molecular complexity index is 697. The summed E-state index contributed by atoms with van der Waals surface area (Å²) in [6.45, 7) is 8.41. The summed E-state index contributed by atoms with van der Waals surface area (Å²) in [4.78, 5) is 12.1. The molecule has 2 aromatic carbocycles. The van der Waals surface area contributed by atoms with Crippen LogP contribution in [0, 0.1) is 27.7 Å². The van der Waals surface area contributed by atoms with E-state index in [2.05, 4.69) is 5.32 Å². The van der Waals surface area contributed by atoms with E-state index in [0.29, 0.717) is 19.4 Å². The number of rotatable bonds is 6. The molecule has 1 N–H and O–H groups in total. The fourth-order valence-electron chi connectivity index (χ4n) is 2.63. The van der Waals surface area contributed by atoms with Crippen LogP contribution < -0.4 is 10.1 Å². The lowest BCUT2D eigenvalue weighted by molar-refractivity contribution is -0.116. The SMILES string of the molecule is Cc1cc(OCCCC(=O)Nc2c(C)cccc2C)cc(C)c1Cl. The molecule has 0 spiro atoms. The molecule has 0 bridgehead atoms. The normalized spacial score (nSPS) is 10.5. The number of benzene rings is 2. The van der Waals surface area contributed by atoms with Gasteiger partial charge in [0, 0.05) is 17.1 Å². The molecule has 1 amide bonds. The summed E-state index contributed by atoms with van der Waals surface area (Å²) < 4.78 is 5.73. The van der Waals surface area contributed by atoms with E-state index >= 15 is 0 Å². The van der Waals surface area contributed by atoms with Gasteiger partial charge in [-0.15, -0.1) is 0 Å². The molecule has 4 heteroatoms. The molecule has 0 saturated carbocycles. The maximum atomic E-state index is 12.1. The van der Waals surface area contributed by atoms with E-state index in [1.54, 1.807) is 0 Å². The van der Waals surface area contributed by atoms with Crippen molar-refractivity contribution in [1.82, 2.24) is 0 Å². The number of hydrogen-bond donors (Lipinski definition) is 1. The molecule has 0 saturated heterocycles. The Morgan fingerprint density at radius 1 is 1.04 bits per heavy atom.